The molecule has 0 aromatic heterocycles. The Morgan fingerprint density at radius 1 is 1.62 bits per heavy atom. The van der Waals surface area contributed by atoms with E-state index in [1.165, 1.54) is 0 Å². The largest absolute Gasteiger partial charge is 0.390 e. The highest BCUT2D eigenvalue weighted by Crippen LogP contribution is 2.15. The fourth-order valence-electron chi connectivity index (χ4n) is 0.688. The molecule has 0 aromatic rings. The molecular weight excluding hydrogens is 168 g/mol. The number of hydrogen-bond donors (Lipinski definition) is 1. The fourth-order valence-corrected chi connectivity index (χ4v) is 1.48. The molecule has 0 bridgehead atoms. The third-order valence-electron chi connectivity index (χ3n) is 0.781. The highest BCUT2D eigenvalue weighted by molar-refractivity contribution is 9.09. The Labute approximate surface area is 59.2 Å². The first-order valence-electron chi connectivity index (χ1n) is 2.78. The lowest BCUT2D eigenvalue weighted by atomic mass is 10.0. The van der Waals surface area contributed by atoms with Gasteiger partial charge in [0.25, 0.3) is 0 Å². The van der Waals surface area contributed by atoms with Crippen LogP contribution in [0.1, 0.15) is 27.2 Å². The Kier molecular flexibility index (Phi) is 2.99. The van der Waals surface area contributed by atoms with Crippen LogP contribution in [0.5, 0.6) is 0 Å². The molecule has 1 atom stereocenters. The van der Waals surface area contributed by atoms with E-state index in [1.807, 2.05) is 20.8 Å². The van der Waals surface area contributed by atoms with Crippen LogP contribution in [0, 0.1) is 0 Å². The monoisotopic (exact) mass is 180 g/mol. The van der Waals surface area contributed by atoms with E-state index in [4.69, 9.17) is 5.11 Å². The molecule has 0 saturated carbocycles. The van der Waals surface area contributed by atoms with E-state index in [9.17, 15) is 0 Å². The van der Waals surface area contributed by atoms with Crippen molar-refractivity contribution >= 4 is 15.9 Å². The molecule has 1 N–H and O–H groups in total. The summed E-state index contributed by atoms with van der Waals surface area (Å²) < 4.78 is 0. The topological polar surface area (TPSA) is 20.2 Å². The summed E-state index contributed by atoms with van der Waals surface area (Å²) in [5.41, 5.74) is -0.525. The van der Waals surface area contributed by atoms with Gasteiger partial charge in [-0.1, -0.05) is 22.9 Å². The quantitative estimate of drug-likeness (QED) is 0.645. The minimum absolute atomic E-state index is 0.405. The second-order valence-corrected chi connectivity index (χ2v) is 4.36. The van der Waals surface area contributed by atoms with Crippen LogP contribution in [-0.4, -0.2) is 15.5 Å². The highest BCUT2D eigenvalue weighted by Gasteiger charge is 2.14. The van der Waals surface area contributed by atoms with Gasteiger partial charge in [0.05, 0.1) is 5.60 Å². The average molecular weight is 181 g/mol. The normalized spacial score (nSPS) is 16.1. The lowest BCUT2D eigenvalue weighted by molar-refractivity contribution is 0.0723. The molecule has 0 radical (unpaired) electrons. The Morgan fingerprint density at radius 2 is 2.00 bits per heavy atom. The van der Waals surface area contributed by atoms with Crippen LogP contribution in [0.25, 0.3) is 0 Å². The Bertz CT molecular complexity index is 63.4. The van der Waals surface area contributed by atoms with Crippen LogP contribution in [0.4, 0.5) is 0 Å². The molecule has 50 valence electrons. The molecule has 0 saturated heterocycles. The van der Waals surface area contributed by atoms with Crippen molar-refractivity contribution < 1.29 is 5.11 Å². The van der Waals surface area contributed by atoms with Crippen molar-refractivity contribution in [3.05, 3.63) is 0 Å². The number of rotatable bonds is 2. The fraction of sp³-hybridized carbons (Fsp3) is 1.00. The van der Waals surface area contributed by atoms with Crippen LogP contribution in [-0.2, 0) is 0 Å². The molecule has 1 nitrogen and oxygen atoms in total. The molecule has 0 spiro atoms. The van der Waals surface area contributed by atoms with E-state index in [0.717, 1.165) is 6.42 Å². The van der Waals surface area contributed by atoms with E-state index in [1.54, 1.807) is 0 Å². The predicted molar refractivity (Wildman–Crippen MR) is 39.3 cm³/mol. The minimum Gasteiger partial charge on any atom is -0.390 e. The van der Waals surface area contributed by atoms with Crippen LogP contribution >= 0.6 is 15.9 Å². The molecule has 8 heavy (non-hydrogen) atoms. The summed E-state index contributed by atoms with van der Waals surface area (Å²) in [6.07, 6.45) is 0.799. The lowest BCUT2D eigenvalue weighted by Gasteiger charge is -2.17. The van der Waals surface area contributed by atoms with Crippen molar-refractivity contribution in [1.29, 1.82) is 0 Å². The standard InChI is InChI=1S/C6H13BrO/c1-5(7)4-6(2,3)8/h5,8H,4H2,1-3H3. The Balaban J connectivity index is 3.39. The summed E-state index contributed by atoms with van der Waals surface area (Å²) in [5.74, 6) is 0. The molecule has 0 rings (SSSR count). The molecule has 2 heteroatoms. The number of aliphatic hydroxyl groups is 1. The van der Waals surface area contributed by atoms with Gasteiger partial charge < -0.3 is 5.11 Å². The molecule has 1 unspecified atom stereocenters. The van der Waals surface area contributed by atoms with Crippen LogP contribution in [0.2, 0.25) is 0 Å². The van der Waals surface area contributed by atoms with Gasteiger partial charge in [-0.25, -0.2) is 0 Å². The van der Waals surface area contributed by atoms with Gasteiger partial charge in [0, 0.05) is 4.83 Å². The van der Waals surface area contributed by atoms with E-state index >= 15 is 0 Å². The van der Waals surface area contributed by atoms with Crippen molar-refractivity contribution in [2.75, 3.05) is 0 Å². The SMILES string of the molecule is CC(Br)CC(C)(C)O. The average Bonchev–Trinajstić information content (AvgIpc) is 1.21. The van der Waals surface area contributed by atoms with Gasteiger partial charge in [-0.05, 0) is 20.3 Å². The summed E-state index contributed by atoms with van der Waals surface area (Å²) >= 11 is 3.35. The van der Waals surface area contributed by atoms with Crippen molar-refractivity contribution in [2.45, 2.75) is 37.6 Å². The van der Waals surface area contributed by atoms with Gasteiger partial charge in [-0.15, -0.1) is 0 Å². The molecule has 0 aromatic carbocycles. The van der Waals surface area contributed by atoms with Crippen molar-refractivity contribution in [3.8, 4) is 0 Å². The second kappa shape index (κ2) is 2.83. The van der Waals surface area contributed by atoms with Gasteiger partial charge >= 0.3 is 0 Å². The first-order chi connectivity index (χ1) is 3.42. The van der Waals surface area contributed by atoms with Gasteiger partial charge in [-0.3, -0.25) is 0 Å². The maximum Gasteiger partial charge on any atom is 0.0602 e. The summed E-state index contributed by atoms with van der Waals surface area (Å²) in [4.78, 5) is 0.405. The zero-order chi connectivity index (χ0) is 6.78. The Hall–Kier alpha value is 0.440. The first kappa shape index (κ1) is 8.44. The first-order valence-corrected chi connectivity index (χ1v) is 3.70. The molecular formula is C6H13BrO. The van der Waals surface area contributed by atoms with E-state index in [-0.39, 0.29) is 0 Å². The van der Waals surface area contributed by atoms with Gasteiger partial charge in [0.1, 0.15) is 0 Å². The van der Waals surface area contributed by atoms with E-state index in [2.05, 4.69) is 15.9 Å². The van der Waals surface area contributed by atoms with Gasteiger partial charge in [0.15, 0.2) is 0 Å². The second-order valence-electron chi connectivity index (χ2n) is 2.80. The molecule has 0 amide bonds. The molecule has 0 aliphatic rings. The summed E-state index contributed by atoms with van der Waals surface area (Å²) in [6, 6.07) is 0. The summed E-state index contributed by atoms with van der Waals surface area (Å²) in [7, 11) is 0. The molecule has 0 heterocycles. The smallest absolute Gasteiger partial charge is 0.0602 e. The van der Waals surface area contributed by atoms with Crippen LogP contribution in [0.15, 0.2) is 0 Å². The minimum atomic E-state index is -0.525. The molecule has 0 fully saturated rings. The van der Waals surface area contributed by atoms with Crippen LogP contribution in [0.3, 0.4) is 0 Å². The molecule has 0 aliphatic carbocycles. The van der Waals surface area contributed by atoms with Crippen molar-refractivity contribution in [3.63, 3.8) is 0 Å². The molecule has 0 aliphatic heterocycles. The summed E-state index contributed by atoms with van der Waals surface area (Å²) in [6.45, 7) is 5.65. The summed E-state index contributed by atoms with van der Waals surface area (Å²) in [5, 5.41) is 9.16. The van der Waals surface area contributed by atoms with Crippen molar-refractivity contribution in [2.24, 2.45) is 0 Å². The van der Waals surface area contributed by atoms with E-state index < -0.39 is 5.60 Å². The zero-order valence-electron chi connectivity index (χ0n) is 5.61. The number of alkyl halides is 1. The third kappa shape index (κ3) is 6.44. The maximum atomic E-state index is 9.16. The number of hydrogen-bond acceptors (Lipinski definition) is 1. The van der Waals surface area contributed by atoms with Crippen LogP contribution < -0.4 is 0 Å². The predicted octanol–water partition coefficient (Wildman–Crippen LogP) is 1.93. The van der Waals surface area contributed by atoms with Crippen molar-refractivity contribution in [1.82, 2.24) is 0 Å². The highest BCUT2D eigenvalue weighted by atomic mass is 79.9. The lowest BCUT2D eigenvalue weighted by Crippen LogP contribution is -2.21. The van der Waals surface area contributed by atoms with Gasteiger partial charge in [-0.2, -0.15) is 0 Å². The van der Waals surface area contributed by atoms with E-state index in [0.29, 0.717) is 4.83 Å². The zero-order valence-corrected chi connectivity index (χ0v) is 7.20. The number of halogens is 1. The maximum absolute atomic E-state index is 9.16. The Morgan fingerprint density at radius 3 is 2.00 bits per heavy atom. The third-order valence-corrected chi connectivity index (χ3v) is 1.10. The van der Waals surface area contributed by atoms with Gasteiger partial charge in [0.2, 0.25) is 0 Å².